The summed E-state index contributed by atoms with van der Waals surface area (Å²) in [6, 6.07) is 0.140. The highest BCUT2D eigenvalue weighted by Crippen LogP contribution is 2.07. The van der Waals surface area contributed by atoms with E-state index in [1.54, 1.807) is 0 Å². The lowest BCUT2D eigenvalue weighted by Crippen LogP contribution is -2.44. The quantitative estimate of drug-likeness (QED) is 0.658. The van der Waals surface area contributed by atoms with Gasteiger partial charge in [-0.3, -0.25) is 0 Å². The molecule has 0 aliphatic heterocycles. The Balaban J connectivity index is 3.79. The smallest absolute Gasteiger partial charge is 0.407 e. The average Bonchev–Trinajstić information content (AvgIpc) is 2.24. The van der Waals surface area contributed by atoms with Gasteiger partial charge in [0.15, 0.2) is 0 Å². The summed E-state index contributed by atoms with van der Waals surface area (Å²) in [6.07, 6.45) is 4.25. The molecule has 4 nitrogen and oxygen atoms in total. The number of carbonyl (C=O) groups is 1. The molecule has 0 radical (unpaired) electrons. The second-order valence-electron chi connectivity index (χ2n) is 5.66. The fourth-order valence-electron chi connectivity index (χ4n) is 1.55. The van der Waals surface area contributed by atoms with Crippen molar-refractivity contribution in [1.29, 1.82) is 0 Å². The zero-order valence-electron chi connectivity index (χ0n) is 12.6. The van der Waals surface area contributed by atoms with E-state index in [2.05, 4.69) is 24.5 Å². The van der Waals surface area contributed by atoms with E-state index in [1.165, 1.54) is 19.3 Å². The van der Waals surface area contributed by atoms with Gasteiger partial charge in [0.25, 0.3) is 0 Å². The van der Waals surface area contributed by atoms with Crippen molar-refractivity contribution in [2.75, 3.05) is 13.1 Å². The van der Waals surface area contributed by atoms with Crippen LogP contribution in [0.15, 0.2) is 0 Å². The Kier molecular flexibility index (Phi) is 8.81. The largest absolute Gasteiger partial charge is 0.444 e. The first kappa shape index (κ1) is 17.2. The third-order valence-electron chi connectivity index (χ3n) is 2.56. The molecular weight excluding hydrogens is 228 g/mol. The number of ether oxygens (including phenoxy) is 1. The lowest BCUT2D eigenvalue weighted by Gasteiger charge is -2.23. The van der Waals surface area contributed by atoms with Gasteiger partial charge in [-0.1, -0.05) is 26.7 Å². The van der Waals surface area contributed by atoms with Gasteiger partial charge in [-0.2, -0.15) is 0 Å². The summed E-state index contributed by atoms with van der Waals surface area (Å²) in [6.45, 7) is 11.7. The first-order valence-corrected chi connectivity index (χ1v) is 7.09. The minimum Gasteiger partial charge on any atom is -0.444 e. The molecule has 0 aromatic rings. The monoisotopic (exact) mass is 258 g/mol. The summed E-state index contributed by atoms with van der Waals surface area (Å²) >= 11 is 0. The van der Waals surface area contributed by atoms with E-state index < -0.39 is 5.60 Å². The summed E-state index contributed by atoms with van der Waals surface area (Å²) < 4.78 is 5.24. The van der Waals surface area contributed by atoms with Crippen LogP contribution in [0.5, 0.6) is 0 Å². The molecule has 0 rings (SSSR count). The number of unbranched alkanes of at least 4 members (excludes halogenated alkanes) is 2. The van der Waals surface area contributed by atoms with Gasteiger partial charge in [0.1, 0.15) is 5.60 Å². The molecule has 0 spiro atoms. The minimum absolute atomic E-state index is 0.140. The van der Waals surface area contributed by atoms with E-state index in [4.69, 9.17) is 4.74 Å². The number of hydrogen-bond donors (Lipinski definition) is 2. The highest BCUT2D eigenvalue weighted by molar-refractivity contribution is 5.68. The third kappa shape index (κ3) is 10.4. The molecule has 0 aromatic heterocycles. The van der Waals surface area contributed by atoms with Gasteiger partial charge >= 0.3 is 6.09 Å². The zero-order chi connectivity index (χ0) is 14.0. The lowest BCUT2D eigenvalue weighted by atomic mass is 10.2. The number of alkyl carbamates (subject to hydrolysis) is 1. The van der Waals surface area contributed by atoms with Gasteiger partial charge in [0.05, 0.1) is 0 Å². The molecule has 1 amide bonds. The van der Waals surface area contributed by atoms with Crippen molar-refractivity contribution in [1.82, 2.24) is 10.6 Å². The number of rotatable bonds is 8. The molecule has 2 N–H and O–H groups in total. The van der Waals surface area contributed by atoms with Gasteiger partial charge in [-0.25, -0.2) is 4.79 Å². The molecule has 0 aromatic carbocycles. The number of hydrogen-bond acceptors (Lipinski definition) is 3. The standard InChI is InChI=1S/C14H30N2O2/c1-6-8-9-10-15-11-12(7-2)16-13(17)18-14(3,4)5/h12,15H,6-11H2,1-5H3,(H,16,17). The highest BCUT2D eigenvalue weighted by atomic mass is 16.6. The van der Waals surface area contributed by atoms with Crippen molar-refractivity contribution in [2.45, 2.75) is 71.9 Å². The van der Waals surface area contributed by atoms with Crippen molar-refractivity contribution in [2.24, 2.45) is 0 Å². The molecule has 18 heavy (non-hydrogen) atoms. The maximum absolute atomic E-state index is 11.6. The molecule has 0 saturated heterocycles. The van der Waals surface area contributed by atoms with Crippen LogP contribution in [-0.2, 0) is 4.74 Å². The van der Waals surface area contributed by atoms with Crippen LogP contribution < -0.4 is 10.6 Å². The maximum Gasteiger partial charge on any atom is 0.407 e. The highest BCUT2D eigenvalue weighted by Gasteiger charge is 2.18. The van der Waals surface area contributed by atoms with Gasteiger partial charge in [-0.15, -0.1) is 0 Å². The van der Waals surface area contributed by atoms with Crippen LogP contribution in [0.1, 0.15) is 60.3 Å². The molecule has 4 heteroatoms. The SMILES string of the molecule is CCCCCNCC(CC)NC(=O)OC(C)(C)C. The van der Waals surface area contributed by atoms with Crippen LogP contribution >= 0.6 is 0 Å². The van der Waals surface area contributed by atoms with Gasteiger partial charge in [-0.05, 0) is 40.2 Å². The first-order valence-electron chi connectivity index (χ1n) is 7.09. The van der Waals surface area contributed by atoms with Crippen molar-refractivity contribution >= 4 is 6.09 Å². The predicted octanol–water partition coefficient (Wildman–Crippen LogP) is 3.07. The van der Waals surface area contributed by atoms with E-state index in [-0.39, 0.29) is 12.1 Å². The van der Waals surface area contributed by atoms with Gasteiger partial charge < -0.3 is 15.4 Å². The maximum atomic E-state index is 11.6. The number of amides is 1. The van der Waals surface area contributed by atoms with Gasteiger partial charge in [0, 0.05) is 12.6 Å². The van der Waals surface area contributed by atoms with Crippen LogP contribution in [0.4, 0.5) is 4.79 Å². The van der Waals surface area contributed by atoms with Gasteiger partial charge in [0.2, 0.25) is 0 Å². The molecule has 0 aliphatic rings. The molecule has 1 unspecified atom stereocenters. The average molecular weight is 258 g/mol. The minimum atomic E-state index is -0.434. The topological polar surface area (TPSA) is 50.4 Å². The molecule has 108 valence electrons. The van der Waals surface area contributed by atoms with Crippen LogP contribution in [0.2, 0.25) is 0 Å². The van der Waals surface area contributed by atoms with E-state index in [0.717, 1.165) is 19.5 Å². The van der Waals surface area contributed by atoms with Crippen LogP contribution in [0.3, 0.4) is 0 Å². The van der Waals surface area contributed by atoms with Crippen molar-refractivity contribution in [3.8, 4) is 0 Å². The van der Waals surface area contributed by atoms with E-state index in [0.29, 0.717) is 0 Å². The Hall–Kier alpha value is -0.770. The fourth-order valence-corrected chi connectivity index (χ4v) is 1.55. The van der Waals surface area contributed by atoms with Crippen LogP contribution in [-0.4, -0.2) is 30.8 Å². The van der Waals surface area contributed by atoms with E-state index in [9.17, 15) is 4.79 Å². The Bertz CT molecular complexity index is 224. The molecule has 0 saturated carbocycles. The van der Waals surface area contributed by atoms with Crippen molar-refractivity contribution in [3.05, 3.63) is 0 Å². The third-order valence-corrected chi connectivity index (χ3v) is 2.56. The molecule has 0 bridgehead atoms. The molecule has 0 fully saturated rings. The summed E-state index contributed by atoms with van der Waals surface area (Å²) in [5.41, 5.74) is -0.434. The molecule has 0 aliphatic carbocycles. The Labute approximate surface area is 112 Å². The molecular formula is C14H30N2O2. The summed E-state index contributed by atoms with van der Waals surface area (Å²) in [5.74, 6) is 0. The summed E-state index contributed by atoms with van der Waals surface area (Å²) in [5, 5.41) is 6.26. The Morgan fingerprint density at radius 3 is 2.39 bits per heavy atom. The molecule has 0 heterocycles. The van der Waals surface area contributed by atoms with Crippen molar-refractivity contribution in [3.63, 3.8) is 0 Å². The Morgan fingerprint density at radius 1 is 1.22 bits per heavy atom. The first-order chi connectivity index (χ1) is 8.39. The second-order valence-corrected chi connectivity index (χ2v) is 5.66. The second kappa shape index (κ2) is 9.20. The Morgan fingerprint density at radius 2 is 1.89 bits per heavy atom. The van der Waals surface area contributed by atoms with E-state index >= 15 is 0 Å². The van der Waals surface area contributed by atoms with Crippen molar-refractivity contribution < 1.29 is 9.53 Å². The predicted molar refractivity (Wildman–Crippen MR) is 75.8 cm³/mol. The number of nitrogens with one attached hydrogen (secondary N) is 2. The normalized spacial score (nSPS) is 13.2. The van der Waals surface area contributed by atoms with Crippen LogP contribution in [0, 0.1) is 0 Å². The number of carbonyl (C=O) groups excluding carboxylic acids is 1. The summed E-state index contributed by atoms with van der Waals surface area (Å²) in [7, 11) is 0. The van der Waals surface area contributed by atoms with E-state index in [1.807, 2.05) is 20.8 Å². The summed E-state index contributed by atoms with van der Waals surface area (Å²) in [4.78, 5) is 11.6. The van der Waals surface area contributed by atoms with Crippen LogP contribution in [0.25, 0.3) is 0 Å². The lowest BCUT2D eigenvalue weighted by molar-refractivity contribution is 0.0502. The zero-order valence-corrected chi connectivity index (χ0v) is 12.6. The fraction of sp³-hybridized carbons (Fsp3) is 0.929. The molecule has 1 atom stereocenters.